The van der Waals surface area contributed by atoms with Gasteiger partial charge in [-0.2, -0.15) is 0 Å². The third-order valence-electron chi connectivity index (χ3n) is 4.55. The van der Waals surface area contributed by atoms with Gasteiger partial charge in [0.15, 0.2) is 0 Å². The van der Waals surface area contributed by atoms with E-state index in [-0.39, 0.29) is 11.8 Å². The van der Waals surface area contributed by atoms with Crippen LogP contribution in [-0.2, 0) is 35.3 Å². The van der Waals surface area contributed by atoms with Crippen LogP contribution in [0.3, 0.4) is 0 Å². The molecule has 6 rings (SSSR count). The lowest BCUT2D eigenvalue weighted by molar-refractivity contribution is -0.115. The summed E-state index contributed by atoms with van der Waals surface area (Å²) in [7, 11) is 0. The molecular formula is C20H20Br2N2O2. The van der Waals surface area contributed by atoms with E-state index < -0.39 is 0 Å². The van der Waals surface area contributed by atoms with E-state index in [1.165, 1.54) is 13.8 Å². The van der Waals surface area contributed by atoms with Gasteiger partial charge in [0.25, 0.3) is 0 Å². The molecule has 26 heavy (non-hydrogen) atoms. The molecule has 4 nitrogen and oxygen atoms in total. The highest BCUT2D eigenvalue weighted by Crippen LogP contribution is 2.37. The van der Waals surface area contributed by atoms with E-state index in [1.54, 1.807) is 0 Å². The number of halogens is 2. The summed E-state index contributed by atoms with van der Waals surface area (Å²) in [5, 5.41) is 5.94. The molecule has 0 aromatic heterocycles. The number of hydrogen-bond acceptors (Lipinski definition) is 2. The number of hydrogen-bond donors (Lipinski definition) is 2. The molecule has 2 aromatic carbocycles. The largest absolute Gasteiger partial charge is 0.325 e. The highest BCUT2D eigenvalue weighted by atomic mass is 79.9. The van der Waals surface area contributed by atoms with Gasteiger partial charge < -0.3 is 10.6 Å². The summed E-state index contributed by atoms with van der Waals surface area (Å²) in [6.07, 6.45) is 3.16. The SMILES string of the molecule is CC(=O)Nc1c2ccc(c1Br)CCc1ccc(c(NC(C)=O)c1Br)CC2. The lowest BCUT2D eigenvalue weighted by Crippen LogP contribution is -2.13. The second kappa shape index (κ2) is 7.92. The first-order chi connectivity index (χ1) is 12.4. The second-order valence-electron chi connectivity index (χ2n) is 6.51. The van der Waals surface area contributed by atoms with E-state index in [2.05, 4.69) is 66.8 Å². The zero-order valence-corrected chi connectivity index (χ0v) is 17.9. The standard InChI is InChI=1S/C20H20Br2N2O2/c1-11(25)23-19-15-7-5-13(17(19)21)3-4-14-6-8-16(10-9-15)20(18(14)22)24-12(2)26/h5-8H,3-4,9-10H2,1-2H3,(H,23,25)(H,24,26). The maximum Gasteiger partial charge on any atom is 0.221 e. The van der Waals surface area contributed by atoms with Gasteiger partial charge in [-0.3, -0.25) is 9.59 Å². The fraction of sp³-hybridized carbons (Fsp3) is 0.300. The van der Waals surface area contributed by atoms with Crippen molar-refractivity contribution in [2.75, 3.05) is 10.6 Å². The fourth-order valence-electron chi connectivity index (χ4n) is 3.28. The van der Waals surface area contributed by atoms with Gasteiger partial charge in [0.1, 0.15) is 0 Å². The normalized spacial score (nSPS) is 13.1. The van der Waals surface area contributed by atoms with Crippen molar-refractivity contribution in [2.24, 2.45) is 0 Å². The zero-order chi connectivity index (χ0) is 18.8. The second-order valence-corrected chi connectivity index (χ2v) is 8.09. The van der Waals surface area contributed by atoms with Crippen LogP contribution in [0.4, 0.5) is 11.4 Å². The molecule has 0 atom stereocenters. The Morgan fingerprint density at radius 3 is 1.35 bits per heavy atom. The van der Waals surface area contributed by atoms with Crippen molar-refractivity contribution >= 4 is 55.0 Å². The number of carbonyl (C=O) groups excluding carboxylic acids is 2. The van der Waals surface area contributed by atoms with Gasteiger partial charge in [0.05, 0.1) is 11.4 Å². The highest BCUT2D eigenvalue weighted by molar-refractivity contribution is 9.11. The molecule has 4 bridgehead atoms. The van der Waals surface area contributed by atoms with Gasteiger partial charge >= 0.3 is 0 Å². The molecule has 6 heteroatoms. The summed E-state index contributed by atoms with van der Waals surface area (Å²) in [6.45, 7) is 3.05. The van der Waals surface area contributed by atoms with Crippen LogP contribution < -0.4 is 10.6 Å². The minimum atomic E-state index is -0.0822. The Hall–Kier alpha value is -1.66. The Labute approximate surface area is 170 Å². The molecule has 2 N–H and O–H groups in total. The molecule has 0 radical (unpaired) electrons. The van der Waals surface area contributed by atoms with Crippen LogP contribution in [-0.4, -0.2) is 11.8 Å². The minimum absolute atomic E-state index is 0.0822. The van der Waals surface area contributed by atoms with Gasteiger partial charge in [-0.15, -0.1) is 0 Å². The first kappa shape index (κ1) is 19.1. The number of amides is 2. The van der Waals surface area contributed by atoms with Gasteiger partial charge in [-0.05, 0) is 79.8 Å². The van der Waals surface area contributed by atoms with Crippen LogP contribution >= 0.6 is 31.9 Å². The quantitative estimate of drug-likeness (QED) is 0.635. The van der Waals surface area contributed by atoms with Crippen LogP contribution in [0.2, 0.25) is 0 Å². The van der Waals surface area contributed by atoms with Crippen molar-refractivity contribution in [3.8, 4) is 0 Å². The number of nitrogens with one attached hydrogen (secondary N) is 2. The molecule has 0 heterocycles. The maximum atomic E-state index is 11.7. The third-order valence-corrected chi connectivity index (χ3v) is 6.36. The third kappa shape index (κ3) is 4.01. The smallest absolute Gasteiger partial charge is 0.221 e. The van der Waals surface area contributed by atoms with E-state index in [0.717, 1.165) is 68.3 Å². The van der Waals surface area contributed by atoms with Crippen LogP contribution in [0.5, 0.6) is 0 Å². The molecule has 136 valence electrons. The van der Waals surface area contributed by atoms with Gasteiger partial charge in [-0.1, -0.05) is 24.3 Å². The average Bonchev–Trinajstić information content (AvgIpc) is 2.56. The van der Waals surface area contributed by atoms with Crippen molar-refractivity contribution < 1.29 is 9.59 Å². The van der Waals surface area contributed by atoms with Crippen LogP contribution in [0.25, 0.3) is 0 Å². The molecule has 0 aliphatic heterocycles. The van der Waals surface area contributed by atoms with Gasteiger partial charge in [-0.25, -0.2) is 0 Å². The van der Waals surface area contributed by atoms with E-state index in [0.29, 0.717) is 0 Å². The Morgan fingerprint density at radius 2 is 1.00 bits per heavy atom. The lowest BCUT2D eigenvalue weighted by atomic mass is 9.94. The number of aryl methyl sites for hydroxylation is 4. The first-order valence-electron chi connectivity index (χ1n) is 8.52. The fourth-order valence-corrected chi connectivity index (χ4v) is 4.65. The van der Waals surface area contributed by atoms with Crippen LogP contribution in [0, 0.1) is 0 Å². The summed E-state index contributed by atoms with van der Waals surface area (Å²) in [5.41, 5.74) is 6.15. The molecule has 2 amide bonds. The molecule has 2 aromatic rings. The molecular weight excluding hydrogens is 460 g/mol. The first-order valence-corrected chi connectivity index (χ1v) is 10.1. The Kier molecular flexibility index (Phi) is 5.82. The van der Waals surface area contributed by atoms with Crippen molar-refractivity contribution in [1.29, 1.82) is 0 Å². The topological polar surface area (TPSA) is 58.2 Å². The van der Waals surface area contributed by atoms with Crippen molar-refractivity contribution in [1.82, 2.24) is 0 Å². The van der Waals surface area contributed by atoms with Gasteiger partial charge in [0, 0.05) is 22.8 Å². The Morgan fingerprint density at radius 1 is 0.692 bits per heavy atom. The summed E-state index contributed by atoms with van der Waals surface area (Å²) in [6, 6.07) is 8.43. The van der Waals surface area contributed by atoms with Gasteiger partial charge in [0.2, 0.25) is 11.8 Å². The van der Waals surface area contributed by atoms with E-state index >= 15 is 0 Å². The molecule has 4 aliphatic rings. The van der Waals surface area contributed by atoms with E-state index in [4.69, 9.17) is 0 Å². The Balaban J connectivity index is 2.08. The summed E-state index contributed by atoms with van der Waals surface area (Å²) >= 11 is 7.37. The predicted octanol–water partition coefficient (Wildman–Crippen LogP) is 5.01. The Bertz CT molecular complexity index is 820. The minimum Gasteiger partial charge on any atom is -0.325 e. The molecule has 0 saturated carbocycles. The zero-order valence-electron chi connectivity index (χ0n) is 14.7. The number of benzene rings is 2. The predicted molar refractivity (Wildman–Crippen MR) is 112 cm³/mol. The van der Waals surface area contributed by atoms with E-state index in [9.17, 15) is 9.59 Å². The molecule has 0 spiro atoms. The summed E-state index contributed by atoms with van der Waals surface area (Å²) < 4.78 is 1.91. The lowest BCUT2D eigenvalue weighted by Gasteiger charge is -2.20. The van der Waals surface area contributed by atoms with E-state index in [1.807, 2.05) is 0 Å². The number of carbonyl (C=O) groups is 2. The van der Waals surface area contributed by atoms with Crippen molar-refractivity contribution in [3.63, 3.8) is 0 Å². The number of rotatable bonds is 2. The maximum absolute atomic E-state index is 11.7. The molecule has 0 saturated heterocycles. The average molecular weight is 480 g/mol. The highest BCUT2D eigenvalue weighted by Gasteiger charge is 2.18. The van der Waals surface area contributed by atoms with Crippen molar-refractivity contribution in [2.45, 2.75) is 39.5 Å². The molecule has 4 aliphatic carbocycles. The summed E-state index contributed by atoms with van der Waals surface area (Å²) in [4.78, 5) is 23.3. The molecule has 0 unspecified atom stereocenters. The summed E-state index contributed by atoms with van der Waals surface area (Å²) in [5.74, 6) is -0.164. The van der Waals surface area contributed by atoms with Crippen LogP contribution in [0.1, 0.15) is 36.1 Å². The number of anilines is 2. The van der Waals surface area contributed by atoms with Crippen molar-refractivity contribution in [3.05, 3.63) is 55.5 Å². The monoisotopic (exact) mass is 478 g/mol. The molecule has 0 fully saturated rings. The van der Waals surface area contributed by atoms with Crippen LogP contribution in [0.15, 0.2) is 33.2 Å².